The highest BCUT2D eigenvalue weighted by Crippen LogP contribution is 2.16. The van der Waals surface area contributed by atoms with Crippen molar-refractivity contribution in [1.82, 2.24) is 0 Å². The van der Waals surface area contributed by atoms with Crippen LogP contribution in [0.5, 0.6) is 0 Å². The first-order valence-corrected chi connectivity index (χ1v) is 5.68. The van der Waals surface area contributed by atoms with Crippen molar-refractivity contribution in [2.45, 2.75) is 45.4 Å². The highest BCUT2D eigenvalue weighted by molar-refractivity contribution is 5.76. The summed E-state index contributed by atoms with van der Waals surface area (Å²) in [5.74, 6) is -0.00372. The van der Waals surface area contributed by atoms with Crippen LogP contribution in [-0.4, -0.2) is 12.6 Å². The number of unbranched alkanes of at least 4 members (excludes halogenated alkanes) is 4. The number of rotatable bonds is 6. The Morgan fingerprint density at radius 1 is 1.43 bits per heavy atom. The number of hydrogen-bond donors (Lipinski definition) is 0. The van der Waals surface area contributed by atoms with Crippen molar-refractivity contribution in [2.24, 2.45) is 5.92 Å². The van der Waals surface area contributed by atoms with Gasteiger partial charge in [-0.1, -0.05) is 38.3 Å². The van der Waals surface area contributed by atoms with E-state index in [9.17, 15) is 4.79 Å². The number of allylic oxidation sites excluding steroid dienone is 1. The second kappa shape index (κ2) is 6.63. The summed E-state index contributed by atoms with van der Waals surface area (Å²) < 4.78 is 4.87. The molecule has 0 spiro atoms. The maximum Gasteiger partial charge on any atom is 0.312 e. The molecule has 1 saturated heterocycles. The molecule has 0 aromatic carbocycles. The zero-order valence-corrected chi connectivity index (χ0v) is 9.00. The molecule has 1 heterocycles. The number of carbonyl (C=O) groups is 1. The van der Waals surface area contributed by atoms with Crippen molar-refractivity contribution in [3.8, 4) is 0 Å². The maximum atomic E-state index is 11.1. The molecule has 0 aromatic rings. The Balaban J connectivity index is 2.05. The van der Waals surface area contributed by atoms with Crippen LogP contribution < -0.4 is 0 Å². The molecule has 0 N–H and O–H groups in total. The molecule has 0 amide bonds. The Bertz CT molecular complexity index is 196. The minimum Gasteiger partial charge on any atom is -0.465 e. The Hall–Kier alpha value is -0.790. The highest BCUT2D eigenvalue weighted by atomic mass is 16.5. The fourth-order valence-electron chi connectivity index (χ4n) is 1.64. The summed E-state index contributed by atoms with van der Waals surface area (Å²) >= 11 is 0. The third-order valence-corrected chi connectivity index (χ3v) is 2.57. The van der Waals surface area contributed by atoms with E-state index >= 15 is 0 Å². The van der Waals surface area contributed by atoms with Gasteiger partial charge in [0.2, 0.25) is 0 Å². The van der Waals surface area contributed by atoms with Crippen LogP contribution in [0.4, 0.5) is 0 Å². The van der Waals surface area contributed by atoms with Crippen molar-refractivity contribution in [2.75, 3.05) is 6.61 Å². The molecule has 2 heteroatoms. The van der Waals surface area contributed by atoms with Gasteiger partial charge in [0.15, 0.2) is 0 Å². The normalized spacial score (nSPS) is 21.8. The van der Waals surface area contributed by atoms with Gasteiger partial charge in [0, 0.05) is 0 Å². The van der Waals surface area contributed by atoms with Crippen LogP contribution in [0.25, 0.3) is 0 Å². The van der Waals surface area contributed by atoms with E-state index in [1.807, 2.05) is 6.08 Å². The van der Waals surface area contributed by atoms with Crippen LogP contribution in [-0.2, 0) is 9.53 Å². The summed E-state index contributed by atoms with van der Waals surface area (Å²) in [5.41, 5.74) is 0. The predicted molar refractivity (Wildman–Crippen MR) is 57.0 cm³/mol. The second-order valence-electron chi connectivity index (χ2n) is 3.84. The monoisotopic (exact) mass is 196 g/mol. The molecule has 0 radical (unpaired) electrons. The molecule has 2 nitrogen and oxygen atoms in total. The maximum absolute atomic E-state index is 11.1. The van der Waals surface area contributed by atoms with E-state index in [0.717, 1.165) is 12.8 Å². The molecule has 1 rings (SSSR count). The topological polar surface area (TPSA) is 26.3 Å². The lowest BCUT2D eigenvalue weighted by molar-refractivity contribution is -0.140. The van der Waals surface area contributed by atoms with Crippen LogP contribution in [0, 0.1) is 5.92 Å². The van der Waals surface area contributed by atoms with Crippen LogP contribution in [0.15, 0.2) is 12.2 Å². The lowest BCUT2D eigenvalue weighted by Crippen LogP contribution is -2.03. The summed E-state index contributed by atoms with van der Waals surface area (Å²) in [6, 6.07) is 0. The molecule has 1 atom stereocenters. The Kier molecular flexibility index (Phi) is 5.35. The number of esters is 1. The van der Waals surface area contributed by atoms with Gasteiger partial charge in [-0.2, -0.15) is 0 Å². The Morgan fingerprint density at radius 3 is 2.93 bits per heavy atom. The molecule has 1 aliphatic rings. The van der Waals surface area contributed by atoms with E-state index in [1.165, 1.54) is 25.7 Å². The van der Waals surface area contributed by atoms with Crippen molar-refractivity contribution in [3.63, 3.8) is 0 Å². The lowest BCUT2D eigenvalue weighted by Gasteiger charge is -1.97. The molecule has 1 aliphatic heterocycles. The van der Waals surface area contributed by atoms with Gasteiger partial charge >= 0.3 is 5.97 Å². The minimum atomic E-state index is -0.0465. The Labute approximate surface area is 86.3 Å². The molecule has 14 heavy (non-hydrogen) atoms. The van der Waals surface area contributed by atoms with Gasteiger partial charge in [-0.25, -0.2) is 0 Å². The molecular formula is C12H20O2. The van der Waals surface area contributed by atoms with E-state index < -0.39 is 0 Å². The van der Waals surface area contributed by atoms with Crippen LogP contribution in [0.2, 0.25) is 0 Å². The standard InChI is InChI=1S/C12H20O2/c1-2-3-4-5-6-7-8-11-9-10-14-12(11)13/h7-8,11H,2-6,9-10H2,1H3/b8-7-/t11-/m0/s1. The summed E-state index contributed by atoms with van der Waals surface area (Å²) in [5, 5.41) is 0. The SMILES string of the molecule is CCCCCC/C=C\[C@H]1CCOC1=O. The number of carbonyl (C=O) groups excluding carboxylic acids is 1. The van der Waals surface area contributed by atoms with Gasteiger partial charge < -0.3 is 4.74 Å². The molecule has 0 aliphatic carbocycles. The van der Waals surface area contributed by atoms with E-state index in [-0.39, 0.29) is 11.9 Å². The van der Waals surface area contributed by atoms with Crippen molar-refractivity contribution in [1.29, 1.82) is 0 Å². The van der Waals surface area contributed by atoms with Crippen LogP contribution in [0.1, 0.15) is 45.4 Å². The van der Waals surface area contributed by atoms with Gasteiger partial charge in [-0.3, -0.25) is 4.79 Å². The zero-order chi connectivity index (χ0) is 10.2. The first kappa shape index (κ1) is 11.3. The molecular weight excluding hydrogens is 176 g/mol. The average Bonchev–Trinajstić information content (AvgIpc) is 2.58. The zero-order valence-electron chi connectivity index (χ0n) is 9.00. The molecule has 0 saturated carbocycles. The smallest absolute Gasteiger partial charge is 0.312 e. The average molecular weight is 196 g/mol. The largest absolute Gasteiger partial charge is 0.465 e. The van der Waals surface area contributed by atoms with E-state index in [0.29, 0.717) is 6.61 Å². The van der Waals surface area contributed by atoms with E-state index in [1.54, 1.807) is 0 Å². The van der Waals surface area contributed by atoms with Crippen LogP contribution >= 0.6 is 0 Å². The first-order chi connectivity index (χ1) is 6.84. The van der Waals surface area contributed by atoms with Gasteiger partial charge in [-0.15, -0.1) is 0 Å². The molecule has 80 valence electrons. The van der Waals surface area contributed by atoms with Crippen LogP contribution in [0.3, 0.4) is 0 Å². The number of hydrogen-bond acceptors (Lipinski definition) is 2. The molecule has 0 aromatic heterocycles. The van der Waals surface area contributed by atoms with Gasteiger partial charge in [0.05, 0.1) is 12.5 Å². The summed E-state index contributed by atoms with van der Waals surface area (Å²) in [6.45, 7) is 2.81. The van der Waals surface area contributed by atoms with Gasteiger partial charge in [0.25, 0.3) is 0 Å². The lowest BCUT2D eigenvalue weighted by atomic mass is 10.1. The van der Waals surface area contributed by atoms with E-state index in [4.69, 9.17) is 4.74 Å². The third-order valence-electron chi connectivity index (χ3n) is 2.57. The summed E-state index contributed by atoms with van der Waals surface area (Å²) in [6.07, 6.45) is 11.3. The quantitative estimate of drug-likeness (QED) is 0.371. The van der Waals surface area contributed by atoms with Crippen molar-refractivity contribution in [3.05, 3.63) is 12.2 Å². The molecule has 1 fully saturated rings. The minimum absolute atomic E-state index is 0.0428. The Morgan fingerprint density at radius 2 is 2.29 bits per heavy atom. The second-order valence-corrected chi connectivity index (χ2v) is 3.84. The van der Waals surface area contributed by atoms with Gasteiger partial charge in [0.1, 0.15) is 0 Å². The molecule has 0 unspecified atom stereocenters. The van der Waals surface area contributed by atoms with Crippen molar-refractivity contribution >= 4 is 5.97 Å². The van der Waals surface area contributed by atoms with E-state index in [2.05, 4.69) is 13.0 Å². The summed E-state index contributed by atoms with van der Waals surface area (Å²) in [4.78, 5) is 11.1. The highest BCUT2D eigenvalue weighted by Gasteiger charge is 2.22. The fraction of sp³-hybridized carbons (Fsp3) is 0.750. The number of ether oxygens (including phenoxy) is 1. The van der Waals surface area contributed by atoms with Gasteiger partial charge in [-0.05, 0) is 19.3 Å². The summed E-state index contributed by atoms with van der Waals surface area (Å²) in [7, 11) is 0. The van der Waals surface area contributed by atoms with Crippen molar-refractivity contribution < 1.29 is 9.53 Å². The fourth-order valence-corrected chi connectivity index (χ4v) is 1.64. The third kappa shape index (κ3) is 3.95. The predicted octanol–water partition coefficient (Wildman–Crippen LogP) is 3.08. The molecule has 0 bridgehead atoms. The number of cyclic esters (lactones) is 1. The first-order valence-electron chi connectivity index (χ1n) is 5.68.